The fourth-order valence-electron chi connectivity index (χ4n) is 3.04. The molecular weight excluding hydrogens is 391 g/mol. The van der Waals surface area contributed by atoms with E-state index in [9.17, 15) is 33.2 Å². The number of nitro groups is 1. The maximum atomic E-state index is 13.2. The number of nitro benzene ring substituents is 1. The summed E-state index contributed by atoms with van der Waals surface area (Å²) in [5, 5.41) is 25.6. The summed E-state index contributed by atoms with van der Waals surface area (Å²) in [6.07, 6.45) is -5.72. The quantitative estimate of drug-likeness (QED) is 0.606. The Kier molecular flexibility index (Phi) is 5.38. The third kappa shape index (κ3) is 4.27. The second-order valence-corrected chi connectivity index (χ2v) is 6.53. The minimum absolute atomic E-state index is 0.0980. The van der Waals surface area contributed by atoms with Crippen LogP contribution in [0.15, 0.2) is 59.7 Å². The molecule has 0 bridgehead atoms. The number of nitrogens with zero attached hydrogens (tertiary/aromatic N) is 3. The molecule has 1 aliphatic heterocycles. The summed E-state index contributed by atoms with van der Waals surface area (Å²) in [4.78, 5) is 22.8. The lowest BCUT2D eigenvalue weighted by molar-refractivity contribution is -0.384. The SMILES string of the molecule is O=C(CCc1ccccc1)N1N=C(C(F)(F)F)C[C@]1(O)c1ccc([N+](=O)[O-])cc1. The number of rotatable bonds is 5. The third-order valence-corrected chi connectivity index (χ3v) is 4.56. The van der Waals surface area contributed by atoms with E-state index in [1.807, 2.05) is 0 Å². The molecule has 10 heteroatoms. The minimum atomic E-state index is -4.83. The van der Waals surface area contributed by atoms with E-state index in [-0.39, 0.29) is 24.1 Å². The molecule has 0 fully saturated rings. The molecule has 0 saturated heterocycles. The van der Waals surface area contributed by atoms with Gasteiger partial charge in [0.05, 0.1) is 11.3 Å². The number of aryl methyl sites for hydroxylation is 1. The Balaban J connectivity index is 1.89. The van der Waals surface area contributed by atoms with Crippen LogP contribution in [0.4, 0.5) is 18.9 Å². The van der Waals surface area contributed by atoms with Gasteiger partial charge in [-0.25, -0.2) is 0 Å². The van der Waals surface area contributed by atoms with Crippen molar-refractivity contribution in [3.8, 4) is 0 Å². The fourth-order valence-corrected chi connectivity index (χ4v) is 3.04. The molecule has 1 aliphatic rings. The number of amides is 1. The second-order valence-electron chi connectivity index (χ2n) is 6.53. The first kappa shape index (κ1) is 20.5. The van der Waals surface area contributed by atoms with E-state index >= 15 is 0 Å². The van der Waals surface area contributed by atoms with Crippen molar-refractivity contribution in [2.45, 2.75) is 31.2 Å². The molecule has 0 aliphatic carbocycles. The highest BCUT2D eigenvalue weighted by molar-refractivity contribution is 5.94. The van der Waals surface area contributed by atoms with Gasteiger partial charge in [-0.2, -0.15) is 23.3 Å². The molecule has 0 radical (unpaired) electrons. The third-order valence-electron chi connectivity index (χ3n) is 4.56. The van der Waals surface area contributed by atoms with Crippen LogP contribution in [0.3, 0.4) is 0 Å². The standard InChI is InChI=1S/C19H16F3N3O4/c20-19(21,22)16-12-18(27,14-7-9-15(10-8-14)25(28)29)24(23-16)17(26)11-6-13-4-2-1-3-5-13/h1-5,7-10,27H,6,11-12H2/t18-/m0/s1. The Bertz CT molecular complexity index is 945. The molecule has 0 aromatic heterocycles. The number of hydrogen-bond acceptors (Lipinski definition) is 5. The zero-order chi connectivity index (χ0) is 21.2. The maximum absolute atomic E-state index is 13.2. The van der Waals surface area contributed by atoms with E-state index < -0.39 is 34.9 Å². The number of carbonyl (C=O) groups is 1. The van der Waals surface area contributed by atoms with Crippen molar-refractivity contribution >= 4 is 17.3 Å². The van der Waals surface area contributed by atoms with Gasteiger partial charge in [0.2, 0.25) is 5.91 Å². The van der Waals surface area contributed by atoms with Crippen LogP contribution in [0, 0.1) is 10.1 Å². The van der Waals surface area contributed by atoms with Gasteiger partial charge in [0.15, 0.2) is 5.72 Å². The predicted octanol–water partition coefficient (Wildman–Crippen LogP) is 3.52. The molecular formula is C19H16F3N3O4. The van der Waals surface area contributed by atoms with Gasteiger partial charge < -0.3 is 5.11 Å². The number of alkyl halides is 3. The van der Waals surface area contributed by atoms with Crippen molar-refractivity contribution in [1.29, 1.82) is 0 Å². The van der Waals surface area contributed by atoms with E-state index in [1.54, 1.807) is 30.3 Å². The highest BCUT2D eigenvalue weighted by Crippen LogP contribution is 2.40. The van der Waals surface area contributed by atoms with Crippen LogP contribution in [-0.2, 0) is 16.9 Å². The Morgan fingerprint density at radius 2 is 1.79 bits per heavy atom. The van der Waals surface area contributed by atoms with Gasteiger partial charge in [0.1, 0.15) is 5.71 Å². The summed E-state index contributed by atoms with van der Waals surface area (Å²) in [5.74, 6) is -0.797. The van der Waals surface area contributed by atoms with Gasteiger partial charge in [-0.3, -0.25) is 14.9 Å². The van der Waals surface area contributed by atoms with Gasteiger partial charge in [-0.15, -0.1) is 0 Å². The van der Waals surface area contributed by atoms with Crippen LogP contribution in [0.1, 0.15) is 24.0 Å². The maximum Gasteiger partial charge on any atom is 0.431 e. The molecule has 7 nitrogen and oxygen atoms in total. The molecule has 0 saturated carbocycles. The van der Waals surface area contributed by atoms with Gasteiger partial charge in [-0.1, -0.05) is 30.3 Å². The van der Waals surface area contributed by atoms with E-state index in [1.165, 1.54) is 0 Å². The van der Waals surface area contributed by atoms with Gasteiger partial charge in [0.25, 0.3) is 5.69 Å². The summed E-state index contributed by atoms with van der Waals surface area (Å²) in [5.41, 5.74) is -3.27. The van der Waals surface area contributed by atoms with Crippen LogP contribution < -0.4 is 0 Å². The predicted molar refractivity (Wildman–Crippen MR) is 96.7 cm³/mol. The molecule has 1 heterocycles. The van der Waals surface area contributed by atoms with Crippen molar-refractivity contribution in [2.75, 3.05) is 0 Å². The van der Waals surface area contributed by atoms with Crippen molar-refractivity contribution in [1.82, 2.24) is 5.01 Å². The van der Waals surface area contributed by atoms with Crippen molar-refractivity contribution in [2.24, 2.45) is 5.10 Å². The Hall–Kier alpha value is -3.27. The number of hydrogen-bond donors (Lipinski definition) is 1. The van der Waals surface area contributed by atoms with Gasteiger partial charge in [0, 0.05) is 24.1 Å². The largest absolute Gasteiger partial charge is 0.431 e. The average Bonchev–Trinajstić information content (AvgIpc) is 3.06. The van der Waals surface area contributed by atoms with Crippen molar-refractivity contribution in [3.63, 3.8) is 0 Å². The lowest BCUT2D eigenvalue weighted by Crippen LogP contribution is -2.43. The molecule has 29 heavy (non-hydrogen) atoms. The Morgan fingerprint density at radius 3 is 2.34 bits per heavy atom. The molecule has 1 N–H and O–H groups in total. The summed E-state index contributed by atoms with van der Waals surface area (Å²) >= 11 is 0. The Morgan fingerprint density at radius 1 is 1.17 bits per heavy atom. The molecule has 1 atom stereocenters. The van der Waals surface area contributed by atoms with Crippen LogP contribution >= 0.6 is 0 Å². The first-order valence-corrected chi connectivity index (χ1v) is 8.60. The van der Waals surface area contributed by atoms with Crippen molar-refractivity contribution < 1.29 is 28.0 Å². The van der Waals surface area contributed by atoms with E-state index in [4.69, 9.17) is 0 Å². The summed E-state index contributed by atoms with van der Waals surface area (Å²) < 4.78 is 39.6. The highest BCUT2D eigenvalue weighted by Gasteiger charge is 2.52. The number of aliphatic hydroxyl groups is 1. The first-order valence-electron chi connectivity index (χ1n) is 8.60. The minimum Gasteiger partial charge on any atom is -0.365 e. The zero-order valence-corrected chi connectivity index (χ0v) is 15.0. The normalized spacial score (nSPS) is 19.2. The second kappa shape index (κ2) is 7.63. The van der Waals surface area contributed by atoms with Gasteiger partial charge in [-0.05, 0) is 24.1 Å². The molecule has 0 spiro atoms. The van der Waals surface area contributed by atoms with Crippen LogP contribution in [0.25, 0.3) is 0 Å². The number of non-ortho nitro benzene ring substituents is 1. The summed E-state index contributed by atoms with van der Waals surface area (Å²) in [6.45, 7) is 0. The van der Waals surface area contributed by atoms with Crippen molar-refractivity contribution in [3.05, 3.63) is 75.8 Å². The molecule has 2 aromatic rings. The first-order chi connectivity index (χ1) is 13.6. The number of hydrazone groups is 1. The summed E-state index contributed by atoms with van der Waals surface area (Å²) in [7, 11) is 0. The topological polar surface area (TPSA) is 96.0 Å². The number of carbonyl (C=O) groups excluding carboxylic acids is 1. The molecule has 2 aromatic carbocycles. The smallest absolute Gasteiger partial charge is 0.365 e. The van der Waals surface area contributed by atoms with Gasteiger partial charge >= 0.3 is 6.18 Å². The fraction of sp³-hybridized carbons (Fsp3) is 0.263. The van der Waals surface area contributed by atoms with Crippen LogP contribution in [0.5, 0.6) is 0 Å². The molecule has 1 amide bonds. The average molecular weight is 407 g/mol. The molecule has 0 unspecified atom stereocenters. The lowest BCUT2D eigenvalue weighted by atomic mass is 9.96. The summed E-state index contributed by atoms with van der Waals surface area (Å²) in [6, 6.07) is 13.2. The van der Waals surface area contributed by atoms with E-state index in [2.05, 4.69) is 5.10 Å². The van der Waals surface area contributed by atoms with Crippen LogP contribution in [0.2, 0.25) is 0 Å². The van der Waals surface area contributed by atoms with E-state index in [0.29, 0.717) is 5.01 Å². The Labute approximate surface area is 163 Å². The highest BCUT2D eigenvalue weighted by atomic mass is 19.4. The molecule has 152 valence electrons. The van der Waals surface area contributed by atoms with E-state index in [0.717, 1.165) is 29.8 Å². The molecule has 3 rings (SSSR count). The monoisotopic (exact) mass is 407 g/mol. The van der Waals surface area contributed by atoms with Crippen LogP contribution in [-0.4, -0.2) is 32.8 Å². The number of benzene rings is 2. The number of halogens is 3. The lowest BCUT2D eigenvalue weighted by Gasteiger charge is -2.31. The zero-order valence-electron chi connectivity index (χ0n) is 15.0.